The van der Waals surface area contributed by atoms with Crippen molar-refractivity contribution in [1.82, 2.24) is 5.32 Å². The molecule has 1 N–H and O–H groups in total. The lowest BCUT2D eigenvalue weighted by atomic mass is 9.93. The monoisotopic (exact) mass is 275 g/mol. The first-order chi connectivity index (χ1) is 9.30. The van der Waals surface area contributed by atoms with Crippen molar-refractivity contribution >= 4 is 11.7 Å². The molecule has 1 unspecified atom stereocenters. The Hall–Kier alpha value is -1.84. The van der Waals surface area contributed by atoms with Gasteiger partial charge in [0.25, 0.3) is 0 Å². The molecule has 0 spiro atoms. The number of carbonyl (C=O) groups is 2. The molecule has 20 heavy (non-hydrogen) atoms. The average molecular weight is 275 g/mol. The van der Waals surface area contributed by atoms with Crippen molar-refractivity contribution in [1.29, 1.82) is 0 Å². The molecule has 4 nitrogen and oxygen atoms in total. The van der Waals surface area contributed by atoms with Gasteiger partial charge in [-0.15, -0.1) is 0 Å². The van der Waals surface area contributed by atoms with Gasteiger partial charge in [0, 0.05) is 11.8 Å². The summed E-state index contributed by atoms with van der Waals surface area (Å²) in [5, 5.41) is 2.84. The number of para-hydroxylation sites is 1. The van der Waals surface area contributed by atoms with E-state index in [2.05, 4.69) is 5.32 Å². The molecular weight excluding hydrogens is 254 g/mol. The minimum absolute atomic E-state index is 0.0706. The van der Waals surface area contributed by atoms with Crippen molar-refractivity contribution in [2.24, 2.45) is 5.41 Å². The lowest BCUT2D eigenvalue weighted by Crippen LogP contribution is -2.45. The minimum Gasteiger partial charge on any atom is -0.492 e. The number of aryl methyl sites for hydroxylation is 1. The normalized spacial score (nSPS) is 18.8. The Morgan fingerprint density at radius 3 is 2.70 bits per heavy atom. The Kier molecular flexibility index (Phi) is 3.84. The Morgan fingerprint density at radius 2 is 2.05 bits per heavy atom. The second-order valence-electron chi connectivity index (χ2n) is 6.23. The van der Waals surface area contributed by atoms with Crippen molar-refractivity contribution in [3.63, 3.8) is 0 Å². The molecule has 0 fully saturated rings. The van der Waals surface area contributed by atoms with Crippen LogP contribution in [0.25, 0.3) is 0 Å². The molecule has 0 aromatic heterocycles. The standard InChI is InChI=1S/C16H21NO3/c1-10-6-5-7-11-13(18)12(8-9-20-14(10)11)17-15(19)16(2,3)4/h5-7,12H,8-9H2,1-4H3,(H,17,19). The third kappa shape index (κ3) is 2.84. The number of ether oxygens (including phenoxy) is 1. The maximum atomic E-state index is 12.6. The zero-order valence-corrected chi connectivity index (χ0v) is 12.4. The Bertz CT molecular complexity index is 543. The fourth-order valence-corrected chi connectivity index (χ4v) is 2.15. The summed E-state index contributed by atoms with van der Waals surface area (Å²) in [6.07, 6.45) is 0.495. The molecule has 2 rings (SSSR count). The highest BCUT2D eigenvalue weighted by atomic mass is 16.5. The number of fused-ring (bicyclic) bond motifs is 1. The van der Waals surface area contributed by atoms with Crippen LogP contribution in [0.4, 0.5) is 0 Å². The highest BCUT2D eigenvalue weighted by Gasteiger charge is 2.31. The van der Waals surface area contributed by atoms with Crippen molar-refractivity contribution in [3.05, 3.63) is 29.3 Å². The molecule has 4 heteroatoms. The van der Waals surface area contributed by atoms with Gasteiger partial charge in [0.2, 0.25) is 5.91 Å². The van der Waals surface area contributed by atoms with Gasteiger partial charge in [-0.05, 0) is 18.6 Å². The zero-order valence-electron chi connectivity index (χ0n) is 12.4. The molecule has 0 bridgehead atoms. The first-order valence-corrected chi connectivity index (χ1v) is 6.88. The Morgan fingerprint density at radius 1 is 1.35 bits per heavy atom. The van der Waals surface area contributed by atoms with E-state index in [-0.39, 0.29) is 11.7 Å². The maximum Gasteiger partial charge on any atom is 0.225 e. The third-order valence-electron chi connectivity index (χ3n) is 3.43. The molecule has 1 aliphatic heterocycles. The summed E-state index contributed by atoms with van der Waals surface area (Å²) in [5.74, 6) is 0.454. The van der Waals surface area contributed by atoms with Crippen molar-refractivity contribution in [3.8, 4) is 5.75 Å². The van der Waals surface area contributed by atoms with Gasteiger partial charge in [-0.2, -0.15) is 0 Å². The Labute approximate surface area is 119 Å². The summed E-state index contributed by atoms with van der Waals surface area (Å²) in [6, 6.07) is 5.00. The summed E-state index contributed by atoms with van der Waals surface area (Å²) in [4.78, 5) is 24.6. The molecule has 0 saturated heterocycles. The molecule has 0 aliphatic carbocycles. The summed E-state index contributed by atoms with van der Waals surface area (Å²) in [6.45, 7) is 7.84. The first kappa shape index (κ1) is 14.6. The van der Waals surface area contributed by atoms with Crippen LogP contribution in [0.5, 0.6) is 5.75 Å². The topological polar surface area (TPSA) is 55.4 Å². The van der Waals surface area contributed by atoms with Crippen LogP contribution in [0.2, 0.25) is 0 Å². The maximum absolute atomic E-state index is 12.6. The van der Waals surface area contributed by atoms with Gasteiger partial charge in [-0.25, -0.2) is 0 Å². The number of amides is 1. The molecule has 1 aliphatic rings. The van der Waals surface area contributed by atoms with Gasteiger partial charge in [0.15, 0.2) is 5.78 Å². The molecular formula is C16H21NO3. The number of ketones is 1. The molecule has 1 amide bonds. The van der Waals surface area contributed by atoms with E-state index < -0.39 is 11.5 Å². The number of rotatable bonds is 1. The number of Topliss-reactive ketones (excluding diaryl/α,β-unsaturated/α-hetero) is 1. The fourth-order valence-electron chi connectivity index (χ4n) is 2.15. The van der Waals surface area contributed by atoms with E-state index in [1.807, 2.05) is 39.8 Å². The van der Waals surface area contributed by atoms with Gasteiger partial charge in [-0.3, -0.25) is 9.59 Å². The lowest BCUT2D eigenvalue weighted by molar-refractivity contribution is -0.129. The summed E-state index contributed by atoms with van der Waals surface area (Å²) >= 11 is 0. The number of carbonyl (C=O) groups excluding carboxylic acids is 2. The summed E-state index contributed by atoms with van der Waals surface area (Å²) in [7, 11) is 0. The molecule has 0 saturated carbocycles. The molecule has 1 aromatic rings. The van der Waals surface area contributed by atoms with Gasteiger partial charge in [0.05, 0.1) is 18.2 Å². The number of nitrogens with one attached hydrogen (secondary N) is 1. The molecule has 1 aromatic carbocycles. The number of benzene rings is 1. The SMILES string of the molecule is Cc1cccc2c1OCCC(NC(=O)C(C)(C)C)C2=O. The quantitative estimate of drug-likeness (QED) is 0.856. The molecule has 108 valence electrons. The highest BCUT2D eigenvalue weighted by Crippen LogP contribution is 2.28. The van der Waals surface area contributed by atoms with Crippen molar-refractivity contribution in [2.75, 3.05) is 6.61 Å². The van der Waals surface area contributed by atoms with Gasteiger partial charge in [-0.1, -0.05) is 32.9 Å². The summed E-state index contributed by atoms with van der Waals surface area (Å²) < 4.78 is 5.67. The lowest BCUT2D eigenvalue weighted by Gasteiger charge is -2.22. The van der Waals surface area contributed by atoms with Crippen LogP contribution in [0.1, 0.15) is 43.1 Å². The second-order valence-corrected chi connectivity index (χ2v) is 6.23. The van der Waals surface area contributed by atoms with E-state index in [0.717, 1.165) is 5.56 Å². The van der Waals surface area contributed by atoms with E-state index >= 15 is 0 Å². The third-order valence-corrected chi connectivity index (χ3v) is 3.43. The van der Waals surface area contributed by atoms with Crippen LogP contribution >= 0.6 is 0 Å². The van der Waals surface area contributed by atoms with E-state index in [1.165, 1.54) is 0 Å². The van der Waals surface area contributed by atoms with E-state index in [4.69, 9.17) is 4.74 Å². The van der Waals surface area contributed by atoms with Crippen LogP contribution < -0.4 is 10.1 Å². The molecule has 1 heterocycles. The van der Waals surface area contributed by atoms with Crippen LogP contribution in [0, 0.1) is 12.3 Å². The average Bonchev–Trinajstić information content (AvgIpc) is 2.51. The van der Waals surface area contributed by atoms with Crippen molar-refractivity contribution in [2.45, 2.75) is 40.2 Å². The van der Waals surface area contributed by atoms with Crippen LogP contribution in [-0.2, 0) is 4.79 Å². The van der Waals surface area contributed by atoms with Gasteiger partial charge >= 0.3 is 0 Å². The van der Waals surface area contributed by atoms with Crippen LogP contribution in [-0.4, -0.2) is 24.3 Å². The molecule has 0 radical (unpaired) electrons. The molecule has 1 atom stereocenters. The number of hydrogen-bond donors (Lipinski definition) is 1. The second kappa shape index (κ2) is 5.27. The van der Waals surface area contributed by atoms with Crippen molar-refractivity contribution < 1.29 is 14.3 Å². The van der Waals surface area contributed by atoms with Crippen LogP contribution in [0.3, 0.4) is 0 Å². The Balaban J connectivity index is 2.26. The predicted octanol–water partition coefficient (Wildman–Crippen LogP) is 2.49. The number of hydrogen-bond acceptors (Lipinski definition) is 3. The largest absolute Gasteiger partial charge is 0.492 e. The predicted molar refractivity (Wildman–Crippen MR) is 77.0 cm³/mol. The highest BCUT2D eigenvalue weighted by molar-refractivity contribution is 6.04. The van der Waals surface area contributed by atoms with Gasteiger partial charge < -0.3 is 10.1 Å². The van der Waals surface area contributed by atoms with Gasteiger partial charge in [0.1, 0.15) is 5.75 Å². The fraction of sp³-hybridized carbons (Fsp3) is 0.500. The first-order valence-electron chi connectivity index (χ1n) is 6.88. The zero-order chi connectivity index (χ0) is 14.9. The van der Waals surface area contributed by atoms with E-state index in [0.29, 0.717) is 24.3 Å². The van der Waals surface area contributed by atoms with E-state index in [9.17, 15) is 9.59 Å². The summed E-state index contributed by atoms with van der Waals surface area (Å²) in [5.41, 5.74) is 0.989. The minimum atomic E-state index is -0.511. The van der Waals surface area contributed by atoms with E-state index in [1.54, 1.807) is 6.07 Å². The smallest absolute Gasteiger partial charge is 0.225 e. The van der Waals surface area contributed by atoms with Crippen LogP contribution in [0.15, 0.2) is 18.2 Å².